The highest BCUT2D eigenvalue weighted by Crippen LogP contribution is 2.37. The first-order chi connectivity index (χ1) is 20.1. The summed E-state index contributed by atoms with van der Waals surface area (Å²) in [4.78, 5) is 36.2. The summed E-state index contributed by atoms with van der Waals surface area (Å²) >= 11 is -0.230. The summed E-state index contributed by atoms with van der Waals surface area (Å²) < 4.78 is 37.9. The van der Waals surface area contributed by atoms with Crippen LogP contribution in [-0.2, 0) is 4.79 Å². The van der Waals surface area contributed by atoms with Crippen LogP contribution < -0.4 is 16.0 Å². The summed E-state index contributed by atoms with van der Waals surface area (Å²) in [5.74, 6) is -0.905. The Balaban J connectivity index is 1.50. The van der Waals surface area contributed by atoms with E-state index in [4.69, 9.17) is 5.11 Å². The van der Waals surface area contributed by atoms with Crippen molar-refractivity contribution in [2.75, 3.05) is 11.9 Å². The molecule has 42 heavy (non-hydrogen) atoms. The van der Waals surface area contributed by atoms with Crippen molar-refractivity contribution in [3.05, 3.63) is 95.1 Å². The molecule has 222 valence electrons. The third-order valence-electron chi connectivity index (χ3n) is 7.10. The average Bonchev–Trinajstić information content (AvgIpc) is 2.97. The third kappa shape index (κ3) is 9.27. The maximum atomic E-state index is 13.0. The molecule has 3 amide bonds. The molecule has 0 aromatic heterocycles. The van der Waals surface area contributed by atoms with E-state index in [0.29, 0.717) is 22.7 Å². The predicted octanol–water partition coefficient (Wildman–Crippen LogP) is 7.46. The van der Waals surface area contributed by atoms with Crippen molar-refractivity contribution in [3.63, 3.8) is 0 Å². The molecule has 4 rings (SSSR count). The van der Waals surface area contributed by atoms with Crippen LogP contribution in [0.4, 0.5) is 23.7 Å². The van der Waals surface area contributed by atoms with Gasteiger partial charge in [-0.05, 0) is 83.6 Å². The molecule has 1 aliphatic rings. The lowest BCUT2D eigenvalue weighted by Crippen LogP contribution is -2.33. The number of nitrogens with one attached hydrogen (secondary N) is 3. The fourth-order valence-corrected chi connectivity index (χ4v) is 5.55. The fourth-order valence-electron chi connectivity index (χ4n) is 5.01. The number of halogens is 3. The maximum Gasteiger partial charge on any atom is 0.446 e. The van der Waals surface area contributed by atoms with Crippen LogP contribution in [0.3, 0.4) is 0 Å². The zero-order valence-electron chi connectivity index (χ0n) is 22.7. The number of thioether (sulfide) groups is 1. The first kappa shape index (κ1) is 31.0. The monoisotopic (exact) mass is 599 g/mol. The number of carbonyl (C=O) groups excluding carboxylic acids is 2. The molecule has 3 aromatic carbocycles. The Kier molecular flexibility index (Phi) is 10.5. The van der Waals surface area contributed by atoms with Crippen LogP contribution in [0.25, 0.3) is 0 Å². The van der Waals surface area contributed by atoms with E-state index in [1.807, 2.05) is 12.1 Å². The van der Waals surface area contributed by atoms with Gasteiger partial charge >= 0.3 is 17.5 Å². The molecular formula is C31H32F3N3O4S. The van der Waals surface area contributed by atoms with Gasteiger partial charge in [0.1, 0.15) is 0 Å². The largest absolute Gasteiger partial charge is 0.481 e. The minimum atomic E-state index is -4.40. The molecule has 1 fully saturated rings. The Labute approximate surface area is 246 Å². The van der Waals surface area contributed by atoms with E-state index in [1.54, 1.807) is 24.3 Å². The summed E-state index contributed by atoms with van der Waals surface area (Å²) in [5.41, 5.74) is -0.946. The minimum absolute atomic E-state index is 0.00346. The number of aliphatic carboxylic acids is 1. The van der Waals surface area contributed by atoms with Crippen LogP contribution in [0.2, 0.25) is 0 Å². The smallest absolute Gasteiger partial charge is 0.446 e. The van der Waals surface area contributed by atoms with Crippen molar-refractivity contribution < 1.29 is 32.7 Å². The third-order valence-corrected chi connectivity index (χ3v) is 7.84. The maximum absolute atomic E-state index is 13.0. The molecule has 4 N–H and O–H groups in total. The summed E-state index contributed by atoms with van der Waals surface area (Å²) in [6.07, 6.45) is 5.80. The van der Waals surface area contributed by atoms with Crippen LogP contribution in [0.1, 0.15) is 77.5 Å². The number of rotatable bonds is 10. The van der Waals surface area contributed by atoms with Gasteiger partial charge in [0.15, 0.2) is 0 Å². The molecule has 1 saturated carbocycles. The van der Waals surface area contributed by atoms with Crippen molar-refractivity contribution in [3.8, 4) is 0 Å². The Hall–Kier alpha value is -3.99. The van der Waals surface area contributed by atoms with Crippen molar-refractivity contribution in [2.45, 2.75) is 60.9 Å². The molecular weight excluding hydrogens is 567 g/mol. The molecule has 1 atom stereocenters. The second kappa shape index (κ2) is 14.3. The number of anilines is 1. The number of alkyl halides is 3. The Bertz CT molecular complexity index is 1360. The predicted molar refractivity (Wildman–Crippen MR) is 156 cm³/mol. The Morgan fingerprint density at radius 1 is 0.857 bits per heavy atom. The first-order valence-corrected chi connectivity index (χ1v) is 14.5. The van der Waals surface area contributed by atoms with E-state index in [9.17, 15) is 27.6 Å². The highest BCUT2D eigenvalue weighted by molar-refractivity contribution is 8.00. The lowest BCUT2D eigenvalue weighted by molar-refractivity contribution is -0.136. The number of carboxylic acids is 1. The van der Waals surface area contributed by atoms with Gasteiger partial charge in [0, 0.05) is 22.7 Å². The van der Waals surface area contributed by atoms with Crippen molar-refractivity contribution in [2.24, 2.45) is 0 Å². The molecule has 0 saturated heterocycles. The zero-order valence-corrected chi connectivity index (χ0v) is 23.6. The summed E-state index contributed by atoms with van der Waals surface area (Å²) in [6.45, 7) is 0.00346. The van der Waals surface area contributed by atoms with Crippen LogP contribution in [-0.4, -0.2) is 35.1 Å². The molecule has 0 radical (unpaired) electrons. The number of hydrogen-bond acceptors (Lipinski definition) is 4. The summed E-state index contributed by atoms with van der Waals surface area (Å²) in [6, 6.07) is 19.0. The molecule has 1 unspecified atom stereocenters. The second-order valence-electron chi connectivity index (χ2n) is 10.1. The van der Waals surface area contributed by atoms with Crippen molar-refractivity contribution in [1.29, 1.82) is 0 Å². The summed E-state index contributed by atoms with van der Waals surface area (Å²) in [5, 5.41) is 17.0. The van der Waals surface area contributed by atoms with Gasteiger partial charge in [-0.3, -0.25) is 9.59 Å². The first-order valence-electron chi connectivity index (χ1n) is 13.7. The number of carboxylic acid groups (broad SMARTS) is 1. The Morgan fingerprint density at radius 3 is 2.02 bits per heavy atom. The highest BCUT2D eigenvalue weighted by atomic mass is 32.2. The molecule has 3 aromatic rings. The lowest BCUT2D eigenvalue weighted by Gasteiger charge is -2.24. The van der Waals surface area contributed by atoms with Crippen LogP contribution >= 0.6 is 11.8 Å². The molecule has 0 bridgehead atoms. The normalized spacial score (nSPS) is 14.5. The minimum Gasteiger partial charge on any atom is -0.481 e. The molecule has 0 spiro atoms. The number of hydrogen-bond donors (Lipinski definition) is 4. The second-order valence-corrected chi connectivity index (χ2v) is 11.3. The molecule has 11 heteroatoms. The van der Waals surface area contributed by atoms with E-state index in [1.165, 1.54) is 49.1 Å². The van der Waals surface area contributed by atoms with Gasteiger partial charge in [0.25, 0.3) is 5.91 Å². The van der Waals surface area contributed by atoms with E-state index in [2.05, 4.69) is 28.1 Å². The molecule has 0 aliphatic heterocycles. The number of carbonyl (C=O) groups is 3. The van der Waals surface area contributed by atoms with Crippen LogP contribution in [0, 0.1) is 0 Å². The zero-order chi connectivity index (χ0) is 30.1. The standard InChI is InChI=1S/C31H32F3N3O4S/c32-31(33,34)42-26-16-14-25(15-17-26)36-30(41)37-28(22-8-6-21(7-9-22)20-4-2-1-3-5-20)23-10-12-24(13-11-23)29(40)35-19-18-27(38)39/h6-17,20,28H,1-5,18-19H2,(H,35,40)(H,38,39)(H2,36,37,41). The van der Waals surface area contributed by atoms with Gasteiger partial charge in [-0.2, -0.15) is 13.2 Å². The van der Waals surface area contributed by atoms with E-state index in [0.717, 1.165) is 18.4 Å². The highest BCUT2D eigenvalue weighted by Gasteiger charge is 2.29. The van der Waals surface area contributed by atoms with Gasteiger partial charge in [-0.1, -0.05) is 55.7 Å². The molecule has 0 heterocycles. The van der Waals surface area contributed by atoms with Gasteiger partial charge in [-0.15, -0.1) is 0 Å². The van der Waals surface area contributed by atoms with E-state index < -0.39 is 29.5 Å². The van der Waals surface area contributed by atoms with Crippen LogP contribution in [0.5, 0.6) is 0 Å². The number of urea groups is 1. The Morgan fingerprint density at radius 2 is 1.45 bits per heavy atom. The fraction of sp³-hybridized carbons (Fsp3) is 0.323. The van der Waals surface area contributed by atoms with E-state index >= 15 is 0 Å². The number of benzene rings is 3. The van der Waals surface area contributed by atoms with Gasteiger partial charge in [0.2, 0.25) is 0 Å². The van der Waals surface area contributed by atoms with Crippen molar-refractivity contribution in [1.82, 2.24) is 10.6 Å². The SMILES string of the molecule is O=C(O)CCNC(=O)c1ccc(C(NC(=O)Nc2ccc(SC(F)(F)F)cc2)c2ccc(C3CCCCC3)cc2)cc1. The summed E-state index contributed by atoms with van der Waals surface area (Å²) in [7, 11) is 0. The van der Waals surface area contributed by atoms with Gasteiger partial charge in [0.05, 0.1) is 12.5 Å². The van der Waals surface area contributed by atoms with E-state index in [-0.39, 0.29) is 29.6 Å². The lowest BCUT2D eigenvalue weighted by atomic mass is 9.83. The topological polar surface area (TPSA) is 108 Å². The average molecular weight is 600 g/mol. The van der Waals surface area contributed by atoms with Crippen LogP contribution in [0.15, 0.2) is 77.7 Å². The molecule has 1 aliphatic carbocycles. The number of amides is 3. The van der Waals surface area contributed by atoms with Crippen molar-refractivity contribution >= 4 is 35.4 Å². The van der Waals surface area contributed by atoms with Gasteiger partial charge in [-0.25, -0.2) is 4.79 Å². The quantitative estimate of drug-likeness (QED) is 0.181. The van der Waals surface area contributed by atoms with Gasteiger partial charge < -0.3 is 21.1 Å². The molecule has 7 nitrogen and oxygen atoms in total.